The van der Waals surface area contributed by atoms with Gasteiger partial charge in [-0.2, -0.15) is 0 Å². The molecule has 5 heteroatoms. The van der Waals surface area contributed by atoms with Gasteiger partial charge in [0.2, 0.25) is 0 Å². The van der Waals surface area contributed by atoms with Gasteiger partial charge in [0, 0.05) is 34.0 Å². The average molecular weight is 307 g/mol. The van der Waals surface area contributed by atoms with E-state index in [1.165, 1.54) is 25.7 Å². The summed E-state index contributed by atoms with van der Waals surface area (Å²) in [6.45, 7) is 5.22. The van der Waals surface area contributed by atoms with Crippen molar-refractivity contribution in [3.8, 4) is 0 Å². The lowest BCUT2D eigenvalue weighted by atomic mass is 10.1. The zero-order valence-corrected chi connectivity index (χ0v) is 15.1. The van der Waals surface area contributed by atoms with E-state index >= 15 is 0 Å². The highest BCUT2D eigenvalue weighted by Crippen LogP contribution is 2.21. The summed E-state index contributed by atoms with van der Waals surface area (Å²) in [6, 6.07) is 0.742. The Morgan fingerprint density at radius 3 is 1.90 bits per heavy atom. The van der Waals surface area contributed by atoms with Crippen molar-refractivity contribution in [1.29, 1.82) is 0 Å². The van der Waals surface area contributed by atoms with Crippen LogP contribution >= 0.6 is 0 Å². The minimum Gasteiger partial charge on any atom is -0.378 e. The average Bonchev–Trinajstić information content (AvgIpc) is 2.49. The smallest absolute Gasteiger partial charge is 0.378 e. The molecule has 0 bridgehead atoms. The zero-order chi connectivity index (χ0) is 15.3. The highest BCUT2D eigenvalue weighted by atomic mass is 28.4. The van der Waals surface area contributed by atoms with Crippen LogP contribution in [0.4, 0.5) is 0 Å². The third-order valence-electron chi connectivity index (χ3n) is 3.64. The second-order valence-corrected chi connectivity index (χ2v) is 8.19. The summed E-state index contributed by atoms with van der Waals surface area (Å²) in [4.78, 5) is 0. The van der Waals surface area contributed by atoms with Gasteiger partial charge in [0.25, 0.3) is 0 Å². The van der Waals surface area contributed by atoms with Crippen molar-refractivity contribution in [3.05, 3.63) is 0 Å². The molecule has 4 nitrogen and oxygen atoms in total. The fraction of sp³-hybridized carbons (Fsp3) is 1.00. The fourth-order valence-corrected chi connectivity index (χ4v) is 4.10. The van der Waals surface area contributed by atoms with Crippen LogP contribution < -0.4 is 0 Å². The fourth-order valence-electron chi connectivity index (χ4n) is 2.22. The minimum absolute atomic E-state index is 0.185. The highest BCUT2D eigenvalue weighted by molar-refractivity contribution is 6.60. The first-order valence-electron chi connectivity index (χ1n) is 7.95. The van der Waals surface area contributed by atoms with E-state index in [2.05, 4.69) is 13.8 Å². The van der Waals surface area contributed by atoms with Crippen molar-refractivity contribution in [3.63, 3.8) is 0 Å². The molecule has 0 rings (SSSR count). The van der Waals surface area contributed by atoms with Crippen LogP contribution in [0.25, 0.3) is 0 Å². The van der Waals surface area contributed by atoms with Crippen LogP contribution in [-0.2, 0) is 18.0 Å². The van der Waals surface area contributed by atoms with Gasteiger partial charge in [-0.15, -0.1) is 0 Å². The summed E-state index contributed by atoms with van der Waals surface area (Å²) >= 11 is 0. The zero-order valence-electron chi connectivity index (χ0n) is 14.1. The summed E-state index contributed by atoms with van der Waals surface area (Å²) in [5.41, 5.74) is 0. The molecule has 0 aliphatic heterocycles. The van der Waals surface area contributed by atoms with Gasteiger partial charge in [0.1, 0.15) is 0 Å². The Hall–Kier alpha value is 0.0569. The Kier molecular flexibility index (Phi) is 12.8. The van der Waals surface area contributed by atoms with Gasteiger partial charge in [-0.05, 0) is 12.8 Å². The van der Waals surface area contributed by atoms with Gasteiger partial charge in [0.05, 0.1) is 6.10 Å². The van der Waals surface area contributed by atoms with Crippen LogP contribution in [0.5, 0.6) is 0 Å². The molecule has 0 radical (unpaired) electrons. The van der Waals surface area contributed by atoms with Crippen LogP contribution in [-0.4, -0.2) is 42.8 Å². The molecule has 0 saturated carbocycles. The first-order chi connectivity index (χ1) is 9.67. The maximum atomic E-state index is 6.02. The monoisotopic (exact) mass is 306 g/mol. The molecule has 0 amide bonds. The first-order valence-corrected chi connectivity index (χ1v) is 9.88. The van der Waals surface area contributed by atoms with E-state index in [1.807, 2.05) is 0 Å². The lowest BCUT2D eigenvalue weighted by molar-refractivity contribution is 0.0343. The topological polar surface area (TPSA) is 36.9 Å². The van der Waals surface area contributed by atoms with Crippen molar-refractivity contribution in [2.45, 2.75) is 70.9 Å². The maximum Gasteiger partial charge on any atom is 0.502 e. The maximum absolute atomic E-state index is 6.02. The standard InChI is InChI=1S/C15H34O4Si/c1-6-8-10-11-12-15(19-13-9-7-2)14-20(16-3,17-4)18-5/h15H,6-14H2,1-5H3. The van der Waals surface area contributed by atoms with Gasteiger partial charge >= 0.3 is 8.80 Å². The predicted molar refractivity (Wildman–Crippen MR) is 85.0 cm³/mol. The van der Waals surface area contributed by atoms with Crippen molar-refractivity contribution in [2.75, 3.05) is 27.9 Å². The molecule has 1 atom stereocenters. The number of ether oxygens (including phenoxy) is 1. The van der Waals surface area contributed by atoms with Gasteiger partial charge in [-0.25, -0.2) is 0 Å². The van der Waals surface area contributed by atoms with Crippen LogP contribution in [0.3, 0.4) is 0 Å². The van der Waals surface area contributed by atoms with E-state index < -0.39 is 8.80 Å². The number of rotatable bonds is 14. The number of hydrogen-bond acceptors (Lipinski definition) is 4. The lowest BCUT2D eigenvalue weighted by Gasteiger charge is -2.28. The number of unbranched alkanes of at least 4 members (excludes halogenated alkanes) is 4. The first kappa shape index (κ1) is 20.1. The SMILES string of the molecule is CCCCCCC(C[Si](OC)(OC)OC)OCCCC. The minimum atomic E-state index is -2.53. The Balaban J connectivity index is 4.33. The molecule has 20 heavy (non-hydrogen) atoms. The summed E-state index contributed by atoms with van der Waals surface area (Å²) in [6.07, 6.45) is 8.53. The summed E-state index contributed by atoms with van der Waals surface area (Å²) < 4.78 is 22.6. The molecule has 0 aromatic carbocycles. The predicted octanol–water partition coefficient (Wildman–Crippen LogP) is 4.02. The van der Waals surface area contributed by atoms with E-state index in [4.69, 9.17) is 18.0 Å². The summed E-state index contributed by atoms with van der Waals surface area (Å²) in [5, 5.41) is 0. The second kappa shape index (κ2) is 12.8. The molecule has 0 N–H and O–H groups in total. The molecule has 122 valence electrons. The summed E-state index contributed by atoms with van der Waals surface area (Å²) in [5.74, 6) is 0. The Morgan fingerprint density at radius 2 is 1.40 bits per heavy atom. The Labute approximate surface area is 126 Å². The van der Waals surface area contributed by atoms with Crippen LogP contribution in [0.1, 0.15) is 58.8 Å². The van der Waals surface area contributed by atoms with E-state index in [1.54, 1.807) is 21.3 Å². The molecule has 0 aliphatic carbocycles. The molecule has 1 unspecified atom stereocenters. The van der Waals surface area contributed by atoms with Crippen molar-refractivity contribution >= 4 is 8.80 Å². The van der Waals surface area contributed by atoms with E-state index in [9.17, 15) is 0 Å². The Bertz CT molecular complexity index is 202. The quantitative estimate of drug-likeness (QED) is 0.359. The Morgan fingerprint density at radius 1 is 0.800 bits per heavy atom. The highest BCUT2D eigenvalue weighted by Gasteiger charge is 2.40. The number of hydrogen-bond donors (Lipinski definition) is 0. The third-order valence-corrected chi connectivity index (χ3v) is 6.46. The molecule has 0 aromatic rings. The van der Waals surface area contributed by atoms with Gasteiger partial charge in [-0.3, -0.25) is 0 Å². The largest absolute Gasteiger partial charge is 0.502 e. The van der Waals surface area contributed by atoms with Crippen LogP contribution in [0.15, 0.2) is 0 Å². The molecule has 0 saturated heterocycles. The van der Waals surface area contributed by atoms with E-state index in [0.717, 1.165) is 31.9 Å². The van der Waals surface area contributed by atoms with Crippen LogP contribution in [0, 0.1) is 0 Å². The molecule has 0 fully saturated rings. The second-order valence-electron chi connectivity index (χ2n) is 5.20. The lowest BCUT2D eigenvalue weighted by Crippen LogP contribution is -2.46. The summed E-state index contributed by atoms with van der Waals surface area (Å²) in [7, 11) is 2.46. The van der Waals surface area contributed by atoms with E-state index in [0.29, 0.717) is 0 Å². The molecule has 0 aromatic heterocycles. The van der Waals surface area contributed by atoms with Crippen molar-refractivity contribution in [1.82, 2.24) is 0 Å². The van der Waals surface area contributed by atoms with Gasteiger partial charge < -0.3 is 18.0 Å². The molecule has 0 heterocycles. The molecular formula is C15H34O4Si. The molecule has 0 aliphatic rings. The van der Waals surface area contributed by atoms with Gasteiger partial charge in [0.15, 0.2) is 0 Å². The van der Waals surface area contributed by atoms with Crippen molar-refractivity contribution < 1.29 is 18.0 Å². The normalized spacial score (nSPS) is 13.7. The molecule has 0 spiro atoms. The van der Waals surface area contributed by atoms with Crippen molar-refractivity contribution in [2.24, 2.45) is 0 Å². The van der Waals surface area contributed by atoms with Crippen LogP contribution in [0.2, 0.25) is 6.04 Å². The molecular weight excluding hydrogens is 272 g/mol. The van der Waals surface area contributed by atoms with Gasteiger partial charge in [-0.1, -0.05) is 46.0 Å². The van der Waals surface area contributed by atoms with E-state index in [-0.39, 0.29) is 6.10 Å². The third kappa shape index (κ3) is 8.37.